The van der Waals surface area contributed by atoms with Crippen LogP contribution >= 0.6 is 0 Å². The molecule has 1 aromatic rings. The van der Waals surface area contributed by atoms with Gasteiger partial charge in [0.05, 0.1) is 4.92 Å². The SMILES string of the molecule is CCCc1nn(C)c(NC(C)CCN(C)C)c1[N+](=O)[O-]. The van der Waals surface area contributed by atoms with Gasteiger partial charge in [-0.2, -0.15) is 5.10 Å². The number of nitrogens with zero attached hydrogens (tertiary/aromatic N) is 4. The number of anilines is 1. The Bertz CT molecular complexity index is 456. The molecular formula is C13H25N5O2. The van der Waals surface area contributed by atoms with E-state index in [4.69, 9.17) is 0 Å². The summed E-state index contributed by atoms with van der Waals surface area (Å²) in [6.45, 7) is 4.95. The molecule has 1 unspecified atom stereocenters. The lowest BCUT2D eigenvalue weighted by atomic mass is 10.2. The molecule has 0 radical (unpaired) electrons. The largest absolute Gasteiger partial charge is 0.362 e. The summed E-state index contributed by atoms with van der Waals surface area (Å²) in [6.07, 6.45) is 2.38. The number of rotatable bonds is 8. The van der Waals surface area contributed by atoms with Crippen LogP contribution in [-0.4, -0.2) is 46.3 Å². The molecule has 114 valence electrons. The second-order valence-corrected chi connectivity index (χ2v) is 5.41. The standard InChI is InChI=1S/C13H25N5O2/c1-6-7-11-12(18(19)20)13(17(5)15-11)14-10(2)8-9-16(3)4/h10,14H,6-9H2,1-5H3. The van der Waals surface area contributed by atoms with E-state index in [-0.39, 0.29) is 16.7 Å². The van der Waals surface area contributed by atoms with Gasteiger partial charge in [0.2, 0.25) is 5.82 Å². The van der Waals surface area contributed by atoms with Crippen LogP contribution < -0.4 is 5.32 Å². The molecule has 0 amide bonds. The molecule has 20 heavy (non-hydrogen) atoms. The second kappa shape index (κ2) is 7.23. The van der Waals surface area contributed by atoms with Gasteiger partial charge in [0, 0.05) is 13.1 Å². The van der Waals surface area contributed by atoms with E-state index >= 15 is 0 Å². The Hall–Kier alpha value is -1.63. The van der Waals surface area contributed by atoms with Crippen molar-refractivity contribution in [2.75, 3.05) is 26.0 Å². The molecule has 0 fully saturated rings. The number of aryl methyl sites for hydroxylation is 2. The highest BCUT2D eigenvalue weighted by Crippen LogP contribution is 2.29. The lowest BCUT2D eigenvalue weighted by molar-refractivity contribution is -0.384. The van der Waals surface area contributed by atoms with E-state index in [0.29, 0.717) is 17.9 Å². The highest BCUT2D eigenvalue weighted by molar-refractivity contribution is 5.60. The maximum absolute atomic E-state index is 11.3. The fourth-order valence-electron chi connectivity index (χ4n) is 2.08. The number of nitrogens with one attached hydrogen (secondary N) is 1. The number of hydrogen-bond donors (Lipinski definition) is 1. The van der Waals surface area contributed by atoms with Gasteiger partial charge in [0.25, 0.3) is 0 Å². The average molecular weight is 283 g/mol. The summed E-state index contributed by atoms with van der Waals surface area (Å²) in [7, 11) is 5.77. The van der Waals surface area contributed by atoms with Gasteiger partial charge in [-0.15, -0.1) is 0 Å². The van der Waals surface area contributed by atoms with Crippen molar-refractivity contribution >= 4 is 11.5 Å². The van der Waals surface area contributed by atoms with E-state index in [1.807, 2.05) is 27.9 Å². The molecule has 0 aromatic carbocycles. The zero-order valence-electron chi connectivity index (χ0n) is 13.0. The number of aromatic nitrogens is 2. The molecule has 1 N–H and O–H groups in total. The fourth-order valence-corrected chi connectivity index (χ4v) is 2.08. The van der Waals surface area contributed by atoms with Gasteiger partial charge in [-0.25, -0.2) is 4.68 Å². The highest BCUT2D eigenvalue weighted by atomic mass is 16.6. The van der Waals surface area contributed by atoms with Crippen molar-refractivity contribution < 1.29 is 4.92 Å². The first-order chi connectivity index (χ1) is 9.36. The van der Waals surface area contributed by atoms with Gasteiger partial charge in [0.1, 0.15) is 5.69 Å². The van der Waals surface area contributed by atoms with Gasteiger partial charge < -0.3 is 10.2 Å². The number of nitro groups is 1. The second-order valence-electron chi connectivity index (χ2n) is 5.41. The Morgan fingerprint density at radius 2 is 2.15 bits per heavy atom. The van der Waals surface area contributed by atoms with Crippen LogP contribution in [0, 0.1) is 10.1 Å². The predicted molar refractivity (Wildman–Crippen MR) is 80.1 cm³/mol. The Morgan fingerprint density at radius 3 is 2.65 bits per heavy atom. The molecule has 0 spiro atoms. The zero-order valence-corrected chi connectivity index (χ0v) is 13.0. The van der Waals surface area contributed by atoms with Crippen LogP contribution in [0.2, 0.25) is 0 Å². The third-order valence-electron chi connectivity index (χ3n) is 3.15. The Balaban J connectivity index is 2.90. The van der Waals surface area contributed by atoms with Crippen molar-refractivity contribution in [1.82, 2.24) is 14.7 Å². The Labute approximate surface area is 120 Å². The van der Waals surface area contributed by atoms with Crippen molar-refractivity contribution in [3.63, 3.8) is 0 Å². The molecular weight excluding hydrogens is 258 g/mol. The molecule has 0 aliphatic rings. The molecule has 0 aliphatic heterocycles. The molecule has 0 aliphatic carbocycles. The normalized spacial score (nSPS) is 12.7. The lowest BCUT2D eigenvalue weighted by Crippen LogP contribution is -2.24. The van der Waals surface area contributed by atoms with Gasteiger partial charge in [-0.05, 0) is 40.4 Å². The summed E-state index contributed by atoms with van der Waals surface area (Å²) >= 11 is 0. The molecule has 1 aromatic heterocycles. The molecule has 0 bridgehead atoms. The minimum atomic E-state index is -0.334. The third-order valence-corrected chi connectivity index (χ3v) is 3.15. The molecule has 0 saturated carbocycles. The molecule has 1 rings (SSSR count). The topological polar surface area (TPSA) is 76.2 Å². The minimum absolute atomic E-state index is 0.117. The highest BCUT2D eigenvalue weighted by Gasteiger charge is 2.26. The van der Waals surface area contributed by atoms with Crippen LogP contribution in [0.15, 0.2) is 0 Å². The monoisotopic (exact) mass is 283 g/mol. The summed E-state index contributed by atoms with van der Waals surface area (Å²) in [5.74, 6) is 0.504. The maximum Gasteiger partial charge on any atom is 0.333 e. The molecule has 0 saturated heterocycles. The van der Waals surface area contributed by atoms with E-state index in [1.54, 1.807) is 11.7 Å². The Morgan fingerprint density at radius 1 is 1.50 bits per heavy atom. The molecule has 1 atom stereocenters. The van der Waals surface area contributed by atoms with Crippen molar-refractivity contribution in [3.8, 4) is 0 Å². The summed E-state index contributed by atoms with van der Waals surface area (Å²) in [6, 6.07) is 0.154. The van der Waals surface area contributed by atoms with Gasteiger partial charge in [-0.1, -0.05) is 13.3 Å². The van der Waals surface area contributed by atoms with Crippen molar-refractivity contribution in [3.05, 3.63) is 15.8 Å². The van der Waals surface area contributed by atoms with Crippen LogP contribution in [-0.2, 0) is 13.5 Å². The molecule has 1 heterocycles. The first-order valence-corrected chi connectivity index (χ1v) is 6.98. The predicted octanol–water partition coefficient (Wildman–Crippen LogP) is 2.03. The van der Waals surface area contributed by atoms with E-state index in [1.165, 1.54) is 0 Å². The minimum Gasteiger partial charge on any atom is -0.362 e. The van der Waals surface area contributed by atoms with Gasteiger partial charge in [0.15, 0.2) is 0 Å². The lowest BCUT2D eigenvalue weighted by Gasteiger charge is -2.17. The van der Waals surface area contributed by atoms with Crippen LogP contribution in [0.3, 0.4) is 0 Å². The average Bonchev–Trinajstić information content (AvgIpc) is 2.64. The van der Waals surface area contributed by atoms with Crippen molar-refractivity contribution in [2.45, 2.75) is 39.2 Å². The van der Waals surface area contributed by atoms with Crippen LogP contribution in [0.25, 0.3) is 0 Å². The summed E-state index contributed by atoms with van der Waals surface area (Å²) in [4.78, 5) is 13.0. The van der Waals surface area contributed by atoms with E-state index in [9.17, 15) is 10.1 Å². The van der Waals surface area contributed by atoms with Crippen LogP contribution in [0.5, 0.6) is 0 Å². The zero-order chi connectivity index (χ0) is 15.3. The first-order valence-electron chi connectivity index (χ1n) is 6.98. The van der Waals surface area contributed by atoms with Crippen LogP contribution in [0.1, 0.15) is 32.4 Å². The molecule has 7 heteroatoms. The maximum atomic E-state index is 11.3. The summed E-state index contributed by atoms with van der Waals surface area (Å²) in [5, 5.41) is 18.8. The van der Waals surface area contributed by atoms with Crippen molar-refractivity contribution in [2.24, 2.45) is 7.05 Å². The molecule has 7 nitrogen and oxygen atoms in total. The van der Waals surface area contributed by atoms with Crippen molar-refractivity contribution in [1.29, 1.82) is 0 Å². The summed E-state index contributed by atoms with van der Waals surface area (Å²) < 4.78 is 1.58. The Kier molecular flexibility index (Phi) is 5.94. The fraction of sp³-hybridized carbons (Fsp3) is 0.769. The quantitative estimate of drug-likeness (QED) is 0.583. The first kappa shape index (κ1) is 16.4. The van der Waals surface area contributed by atoms with Crippen LogP contribution in [0.4, 0.5) is 11.5 Å². The number of hydrogen-bond acceptors (Lipinski definition) is 5. The third kappa shape index (κ3) is 4.19. The smallest absolute Gasteiger partial charge is 0.333 e. The van der Waals surface area contributed by atoms with E-state index < -0.39 is 0 Å². The summed E-state index contributed by atoms with van der Waals surface area (Å²) in [5.41, 5.74) is 0.674. The van der Waals surface area contributed by atoms with E-state index in [0.717, 1.165) is 19.4 Å². The van der Waals surface area contributed by atoms with Gasteiger partial charge >= 0.3 is 5.69 Å². The van der Waals surface area contributed by atoms with E-state index in [2.05, 4.69) is 15.3 Å². The van der Waals surface area contributed by atoms with Gasteiger partial charge in [-0.3, -0.25) is 10.1 Å².